The Hall–Kier alpha value is -1.53. The van der Waals surface area contributed by atoms with Gasteiger partial charge >= 0.3 is 0 Å². The maximum Gasteiger partial charge on any atom is 0.282 e. The van der Waals surface area contributed by atoms with Gasteiger partial charge in [0.15, 0.2) is 5.78 Å². The second kappa shape index (κ2) is 7.65. The van der Waals surface area contributed by atoms with E-state index in [4.69, 9.17) is 9.47 Å². The Kier molecular flexibility index (Phi) is 5.85. The van der Waals surface area contributed by atoms with Gasteiger partial charge in [0.25, 0.3) is 5.24 Å². The molecule has 22 heavy (non-hydrogen) atoms. The number of nitrogens with zero attached hydrogens (tertiary/aromatic N) is 1. The third-order valence-corrected chi connectivity index (χ3v) is 4.33. The Bertz CT molecular complexity index is 521. The number of ether oxygens (including phenoxy) is 2. The van der Waals surface area contributed by atoms with Crippen LogP contribution in [0.25, 0.3) is 0 Å². The number of carbonyl (C=O) groups excluding carboxylic acids is 2. The van der Waals surface area contributed by atoms with Crippen LogP contribution in [0.3, 0.4) is 0 Å². The maximum absolute atomic E-state index is 12.2. The Labute approximate surface area is 135 Å². The summed E-state index contributed by atoms with van der Waals surface area (Å²) in [6, 6.07) is 6.91. The minimum Gasteiger partial charge on any atom is -0.497 e. The zero-order valence-electron chi connectivity index (χ0n) is 13.1. The standard InChI is InChI=1S/C16H21NO4S/c1-11-8-17(9-12(2)21-11)16(19)22-10-15(18)13-4-6-14(20-3)7-5-13/h4-7,11-12H,8-10H2,1-3H3/t11-,12-/m0/s1. The van der Waals surface area contributed by atoms with Gasteiger partial charge in [0, 0.05) is 18.7 Å². The zero-order valence-corrected chi connectivity index (χ0v) is 13.9. The molecule has 1 fully saturated rings. The number of amides is 1. The molecule has 0 unspecified atom stereocenters. The lowest BCUT2D eigenvalue weighted by atomic mass is 10.1. The number of rotatable bonds is 4. The van der Waals surface area contributed by atoms with E-state index in [1.54, 1.807) is 36.3 Å². The fraction of sp³-hybridized carbons (Fsp3) is 0.500. The van der Waals surface area contributed by atoms with E-state index in [0.717, 1.165) is 11.8 Å². The van der Waals surface area contributed by atoms with E-state index in [-0.39, 0.29) is 29.0 Å². The van der Waals surface area contributed by atoms with Gasteiger partial charge in [-0.2, -0.15) is 0 Å². The van der Waals surface area contributed by atoms with Crippen molar-refractivity contribution in [2.45, 2.75) is 26.1 Å². The predicted octanol–water partition coefficient (Wildman–Crippen LogP) is 2.84. The number of morpholine rings is 1. The predicted molar refractivity (Wildman–Crippen MR) is 86.8 cm³/mol. The minimum atomic E-state index is -0.0659. The molecule has 6 heteroatoms. The van der Waals surface area contributed by atoms with Gasteiger partial charge in [0.05, 0.1) is 25.1 Å². The number of thioether (sulfide) groups is 1. The van der Waals surface area contributed by atoms with Gasteiger partial charge in [-0.05, 0) is 38.1 Å². The van der Waals surface area contributed by atoms with Crippen LogP contribution >= 0.6 is 11.8 Å². The monoisotopic (exact) mass is 323 g/mol. The zero-order chi connectivity index (χ0) is 16.1. The molecule has 0 aromatic heterocycles. The summed E-state index contributed by atoms with van der Waals surface area (Å²) in [5.74, 6) is 0.789. The van der Waals surface area contributed by atoms with E-state index < -0.39 is 0 Å². The van der Waals surface area contributed by atoms with Crippen molar-refractivity contribution in [2.24, 2.45) is 0 Å². The summed E-state index contributed by atoms with van der Waals surface area (Å²) >= 11 is 1.05. The molecule has 0 radical (unpaired) electrons. The first-order chi connectivity index (χ1) is 10.5. The van der Waals surface area contributed by atoms with E-state index in [0.29, 0.717) is 24.4 Å². The highest BCUT2D eigenvalue weighted by Crippen LogP contribution is 2.18. The SMILES string of the molecule is COc1ccc(C(=O)CSC(=O)N2C[C@H](C)O[C@@H](C)C2)cc1. The van der Waals surface area contributed by atoms with Crippen molar-refractivity contribution >= 4 is 22.8 Å². The second-order valence-electron chi connectivity index (χ2n) is 5.37. The number of ketones is 1. The first-order valence-electron chi connectivity index (χ1n) is 7.24. The number of benzene rings is 1. The molecule has 1 aromatic carbocycles. The topological polar surface area (TPSA) is 55.8 Å². The van der Waals surface area contributed by atoms with E-state index >= 15 is 0 Å². The van der Waals surface area contributed by atoms with Crippen LogP contribution in [-0.2, 0) is 4.74 Å². The molecule has 1 amide bonds. The van der Waals surface area contributed by atoms with E-state index in [1.807, 2.05) is 13.8 Å². The number of hydrogen-bond acceptors (Lipinski definition) is 5. The molecule has 0 saturated carbocycles. The van der Waals surface area contributed by atoms with Gasteiger partial charge in [-0.1, -0.05) is 11.8 Å². The molecule has 0 spiro atoms. The average molecular weight is 323 g/mol. The van der Waals surface area contributed by atoms with Gasteiger partial charge < -0.3 is 14.4 Å². The second-order valence-corrected chi connectivity index (χ2v) is 6.30. The molecule has 1 aliphatic rings. The summed E-state index contributed by atoms with van der Waals surface area (Å²) in [7, 11) is 1.58. The van der Waals surface area contributed by atoms with Crippen LogP contribution < -0.4 is 4.74 Å². The van der Waals surface area contributed by atoms with Gasteiger partial charge in [-0.15, -0.1) is 0 Å². The molecule has 0 bridgehead atoms. The summed E-state index contributed by atoms with van der Waals surface area (Å²) in [4.78, 5) is 26.0. The van der Waals surface area contributed by atoms with Crippen molar-refractivity contribution in [1.29, 1.82) is 0 Å². The van der Waals surface area contributed by atoms with Crippen LogP contribution in [0, 0.1) is 0 Å². The number of carbonyl (C=O) groups is 2. The van der Waals surface area contributed by atoms with Crippen molar-refractivity contribution in [3.05, 3.63) is 29.8 Å². The summed E-state index contributed by atoms with van der Waals surface area (Å²) in [6.07, 6.45) is 0.0659. The lowest BCUT2D eigenvalue weighted by molar-refractivity contribution is -0.0515. The fourth-order valence-corrected chi connectivity index (χ4v) is 3.16. The first kappa shape index (κ1) is 16.8. The molecule has 1 aromatic rings. The van der Waals surface area contributed by atoms with Gasteiger partial charge in [-0.3, -0.25) is 9.59 Å². The maximum atomic E-state index is 12.2. The van der Waals surface area contributed by atoms with Crippen LogP contribution in [0.1, 0.15) is 24.2 Å². The van der Waals surface area contributed by atoms with Crippen molar-refractivity contribution in [3.63, 3.8) is 0 Å². The Morgan fingerprint density at radius 3 is 2.36 bits per heavy atom. The molecule has 1 saturated heterocycles. The molecular weight excluding hydrogens is 302 g/mol. The van der Waals surface area contributed by atoms with Crippen LogP contribution in [0.5, 0.6) is 5.75 Å². The molecule has 1 heterocycles. The van der Waals surface area contributed by atoms with Crippen molar-refractivity contribution in [1.82, 2.24) is 4.90 Å². The smallest absolute Gasteiger partial charge is 0.282 e. The number of hydrogen-bond donors (Lipinski definition) is 0. The van der Waals surface area contributed by atoms with Gasteiger partial charge in [-0.25, -0.2) is 0 Å². The fourth-order valence-electron chi connectivity index (χ4n) is 2.41. The van der Waals surface area contributed by atoms with Crippen LogP contribution in [0.15, 0.2) is 24.3 Å². The van der Waals surface area contributed by atoms with E-state index in [9.17, 15) is 9.59 Å². The molecule has 2 atom stereocenters. The third-order valence-electron chi connectivity index (χ3n) is 3.42. The van der Waals surface area contributed by atoms with Gasteiger partial charge in [0.1, 0.15) is 5.75 Å². The number of Topliss-reactive ketones (excluding diaryl/α,β-unsaturated/α-hetero) is 1. The average Bonchev–Trinajstić information content (AvgIpc) is 2.51. The highest BCUT2D eigenvalue weighted by molar-refractivity contribution is 8.14. The van der Waals surface area contributed by atoms with Crippen LogP contribution in [0.4, 0.5) is 4.79 Å². The Balaban J connectivity index is 1.85. The highest BCUT2D eigenvalue weighted by Gasteiger charge is 2.26. The third kappa shape index (κ3) is 4.48. The summed E-state index contributed by atoms with van der Waals surface area (Å²) in [6.45, 7) is 5.05. The minimum absolute atomic E-state index is 0.0330. The van der Waals surface area contributed by atoms with E-state index in [2.05, 4.69) is 0 Å². The molecular formula is C16H21NO4S. The summed E-state index contributed by atoms with van der Waals surface area (Å²) in [5, 5.41) is -0.0659. The lowest BCUT2D eigenvalue weighted by Crippen LogP contribution is -2.47. The molecule has 0 aliphatic carbocycles. The van der Waals surface area contributed by atoms with E-state index in [1.165, 1.54) is 0 Å². The largest absolute Gasteiger partial charge is 0.497 e. The Morgan fingerprint density at radius 2 is 1.82 bits per heavy atom. The molecule has 2 rings (SSSR count). The summed E-state index contributed by atoms with van der Waals surface area (Å²) < 4.78 is 10.7. The lowest BCUT2D eigenvalue weighted by Gasteiger charge is -2.34. The normalized spacial score (nSPS) is 21.5. The van der Waals surface area contributed by atoms with Crippen molar-refractivity contribution in [3.8, 4) is 5.75 Å². The highest BCUT2D eigenvalue weighted by atomic mass is 32.2. The Morgan fingerprint density at radius 1 is 1.23 bits per heavy atom. The van der Waals surface area contributed by atoms with Crippen LogP contribution in [-0.4, -0.2) is 54.1 Å². The molecule has 120 valence electrons. The van der Waals surface area contributed by atoms with Crippen LogP contribution in [0.2, 0.25) is 0 Å². The van der Waals surface area contributed by atoms with Crippen molar-refractivity contribution < 1.29 is 19.1 Å². The first-order valence-corrected chi connectivity index (χ1v) is 8.22. The molecule has 1 aliphatic heterocycles. The molecule has 5 nitrogen and oxygen atoms in total. The quantitative estimate of drug-likeness (QED) is 0.798. The van der Waals surface area contributed by atoms with Gasteiger partial charge in [0.2, 0.25) is 0 Å². The number of methoxy groups -OCH3 is 1. The molecule has 0 N–H and O–H groups in total. The summed E-state index contributed by atoms with van der Waals surface area (Å²) in [5.41, 5.74) is 0.588. The van der Waals surface area contributed by atoms with Crippen molar-refractivity contribution in [2.75, 3.05) is 26.0 Å².